The van der Waals surface area contributed by atoms with E-state index in [4.69, 9.17) is 10.5 Å². The first-order valence-corrected chi connectivity index (χ1v) is 7.42. The highest BCUT2D eigenvalue weighted by Crippen LogP contribution is 2.35. The van der Waals surface area contributed by atoms with Gasteiger partial charge in [0.2, 0.25) is 0 Å². The molecular formula is C17H29NO. The zero-order valence-corrected chi connectivity index (χ0v) is 13.1. The van der Waals surface area contributed by atoms with Crippen molar-refractivity contribution in [3.05, 3.63) is 28.8 Å². The Balaban J connectivity index is 3.13. The lowest BCUT2D eigenvalue weighted by Gasteiger charge is -2.20. The van der Waals surface area contributed by atoms with Crippen LogP contribution < -0.4 is 10.5 Å². The molecule has 2 heteroatoms. The maximum absolute atomic E-state index is 5.66. The van der Waals surface area contributed by atoms with Crippen LogP contribution in [0.2, 0.25) is 0 Å². The molecule has 0 unspecified atom stereocenters. The van der Waals surface area contributed by atoms with E-state index in [2.05, 4.69) is 39.8 Å². The monoisotopic (exact) mass is 263 g/mol. The smallest absolute Gasteiger partial charge is 0.125 e. The average molecular weight is 263 g/mol. The van der Waals surface area contributed by atoms with Crippen molar-refractivity contribution < 1.29 is 4.74 Å². The molecule has 0 radical (unpaired) electrons. The molecule has 0 aliphatic carbocycles. The molecule has 0 bridgehead atoms. The van der Waals surface area contributed by atoms with Crippen molar-refractivity contribution in [2.45, 2.75) is 58.8 Å². The minimum absolute atomic E-state index is 0.488. The molecule has 0 aliphatic rings. The number of nitrogens with two attached hydrogens (primary N) is 1. The van der Waals surface area contributed by atoms with Crippen LogP contribution in [0.15, 0.2) is 12.1 Å². The summed E-state index contributed by atoms with van der Waals surface area (Å²) >= 11 is 0. The second-order valence-electron chi connectivity index (χ2n) is 5.86. The fraction of sp³-hybridized carbons (Fsp3) is 0.647. The van der Waals surface area contributed by atoms with Gasteiger partial charge in [-0.15, -0.1) is 0 Å². The molecule has 2 N–H and O–H groups in total. The highest BCUT2D eigenvalue weighted by molar-refractivity contribution is 5.47. The second kappa shape index (κ2) is 7.54. The van der Waals surface area contributed by atoms with Crippen LogP contribution in [0.25, 0.3) is 0 Å². The maximum Gasteiger partial charge on any atom is 0.125 e. The van der Waals surface area contributed by atoms with Gasteiger partial charge in [0.1, 0.15) is 5.75 Å². The number of ether oxygens (including phenoxy) is 1. The molecule has 0 saturated carbocycles. The van der Waals surface area contributed by atoms with Gasteiger partial charge >= 0.3 is 0 Å². The molecule has 0 saturated heterocycles. The van der Waals surface area contributed by atoms with Crippen LogP contribution in [0, 0.1) is 0 Å². The van der Waals surface area contributed by atoms with Gasteiger partial charge in [0.15, 0.2) is 0 Å². The van der Waals surface area contributed by atoms with E-state index in [1.54, 1.807) is 7.11 Å². The minimum atomic E-state index is 0.488. The maximum atomic E-state index is 5.66. The zero-order chi connectivity index (χ0) is 14.4. The molecule has 0 fully saturated rings. The Hall–Kier alpha value is -1.02. The number of aryl methyl sites for hydroxylation is 1. The van der Waals surface area contributed by atoms with Crippen molar-refractivity contribution in [1.82, 2.24) is 0 Å². The molecule has 19 heavy (non-hydrogen) atoms. The summed E-state index contributed by atoms with van der Waals surface area (Å²) in [7, 11) is 1.78. The zero-order valence-electron chi connectivity index (χ0n) is 13.1. The standard InChI is InChI=1S/C17H29NO/c1-12(2)15-10-14(8-6-7-9-18)11-16(13(3)4)17(15)19-5/h10-13H,6-9,18H2,1-5H3. The molecular weight excluding hydrogens is 234 g/mol. The van der Waals surface area contributed by atoms with Crippen molar-refractivity contribution in [3.63, 3.8) is 0 Å². The quantitative estimate of drug-likeness (QED) is 0.747. The Morgan fingerprint density at radius 2 is 1.53 bits per heavy atom. The number of rotatable bonds is 7. The van der Waals surface area contributed by atoms with Gasteiger partial charge < -0.3 is 10.5 Å². The third kappa shape index (κ3) is 4.24. The van der Waals surface area contributed by atoms with E-state index >= 15 is 0 Å². The predicted octanol–water partition coefficient (Wildman–Crippen LogP) is 4.22. The summed E-state index contributed by atoms with van der Waals surface area (Å²) in [6.07, 6.45) is 3.37. The van der Waals surface area contributed by atoms with Crippen LogP contribution in [0.1, 0.15) is 69.1 Å². The van der Waals surface area contributed by atoms with E-state index < -0.39 is 0 Å². The number of benzene rings is 1. The Morgan fingerprint density at radius 3 is 1.89 bits per heavy atom. The van der Waals surface area contributed by atoms with Gasteiger partial charge in [0.05, 0.1) is 7.11 Å². The molecule has 1 aromatic carbocycles. The molecule has 1 aromatic rings. The molecule has 0 aromatic heterocycles. The Bertz CT molecular complexity index is 367. The number of methoxy groups -OCH3 is 1. The van der Waals surface area contributed by atoms with Crippen LogP contribution in [-0.4, -0.2) is 13.7 Å². The van der Waals surface area contributed by atoms with Gasteiger partial charge in [0, 0.05) is 0 Å². The third-order valence-electron chi connectivity index (χ3n) is 3.57. The Kier molecular flexibility index (Phi) is 6.36. The number of hydrogen-bond donors (Lipinski definition) is 1. The summed E-state index contributed by atoms with van der Waals surface area (Å²) in [5.74, 6) is 2.05. The molecule has 108 valence electrons. The first kappa shape index (κ1) is 16.0. The number of hydrogen-bond acceptors (Lipinski definition) is 2. The van der Waals surface area contributed by atoms with Gasteiger partial charge in [-0.25, -0.2) is 0 Å². The molecule has 0 aliphatic heterocycles. The molecule has 0 amide bonds. The third-order valence-corrected chi connectivity index (χ3v) is 3.57. The van der Waals surface area contributed by atoms with Crippen LogP contribution in [0.4, 0.5) is 0 Å². The topological polar surface area (TPSA) is 35.2 Å². The molecule has 1 rings (SSSR count). The molecule has 0 atom stereocenters. The van der Waals surface area contributed by atoms with Crippen molar-refractivity contribution in [2.24, 2.45) is 5.73 Å². The second-order valence-corrected chi connectivity index (χ2v) is 5.86. The normalized spacial score (nSPS) is 11.4. The van der Waals surface area contributed by atoms with Crippen molar-refractivity contribution in [1.29, 1.82) is 0 Å². The summed E-state index contributed by atoms with van der Waals surface area (Å²) < 4.78 is 5.66. The summed E-state index contributed by atoms with van der Waals surface area (Å²) in [6.45, 7) is 9.69. The molecule has 0 heterocycles. The fourth-order valence-corrected chi connectivity index (χ4v) is 2.45. The largest absolute Gasteiger partial charge is 0.496 e. The van der Waals surface area contributed by atoms with E-state index in [-0.39, 0.29) is 0 Å². The minimum Gasteiger partial charge on any atom is -0.496 e. The van der Waals surface area contributed by atoms with E-state index in [0.29, 0.717) is 11.8 Å². The summed E-state index contributed by atoms with van der Waals surface area (Å²) in [5, 5.41) is 0. The van der Waals surface area contributed by atoms with Crippen LogP contribution >= 0.6 is 0 Å². The van der Waals surface area contributed by atoms with E-state index in [9.17, 15) is 0 Å². The summed E-state index contributed by atoms with van der Waals surface area (Å²) in [6, 6.07) is 4.62. The molecule has 2 nitrogen and oxygen atoms in total. The van der Waals surface area contributed by atoms with Gasteiger partial charge in [-0.2, -0.15) is 0 Å². The van der Waals surface area contributed by atoms with Crippen LogP contribution in [0.3, 0.4) is 0 Å². The lowest BCUT2D eigenvalue weighted by Crippen LogP contribution is -2.04. The fourth-order valence-electron chi connectivity index (χ4n) is 2.45. The van der Waals surface area contributed by atoms with E-state index in [1.807, 2.05) is 0 Å². The first-order chi connectivity index (χ1) is 9.01. The van der Waals surface area contributed by atoms with Crippen LogP contribution in [-0.2, 0) is 6.42 Å². The predicted molar refractivity (Wildman–Crippen MR) is 83.2 cm³/mol. The Labute approximate surface area is 118 Å². The highest BCUT2D eigenvalue weighted by Gasteiger charge is 2.16. The lowest BCUT2D eigenvalue weighted by atomic mass is 9.90. The van der Waals surface area contributed by atoms with Crippen molar-refractivity contribution in [2.75, 3.05) is 13.7 Å². The van der Waals surface area contributed by atoms with E-state index in [0.717, 1.165) is 31.6 Å². The number of unbranched alkanes of at least 4 members (excludes halogenated alkanes) is 1. The summed E-state index contributed by atoms with van der Waals surface area (Å²) in [5.41, 5.74) is 9.65. The summed E-state index contributed by atoms with van der Waals surface area (Å²) in [4.78, 5) is 0. The highest BCUT2D eigenvalue weighted by atomic mass is 16.5. The average Bonchev–Trinajstić information content (AvgIpc) is 2.37. The SMILES string of the molecule is COc1c(C(C)C)cc(CCCCN)cc1C(C)C. The van der Waals surface area contributed by atoms with Gasteiger partial charge in [0.25, 0.3) is 0 Å². The van der Waals surface area contributed by atoms with Crippen molar-refractivity contribution in [3.8, 4) is 5.75 Å². The van der Waals surface area contributed by atoms with Crippen molar-refractivity contribution >= 4 is 0 Å². The Morgan fingerprint density at radius 1 is 1.00 bits per heavy atom. The lowest BCUT2D eigenvalue weighted by molar-refractivity contribution is 0.400. The van der Waals surface area contributed by atoms with Gasteiger partial charge in [-0.05, 0) is 54.3 Å². The van der Waals surface area contributed by atoms with E-state index in [1.165, 1.54) is 16.7 Å². The van der Waals surface area contributed by atoms with Gasteiger partial charge in [-0.1, -0.05) is 39.8 Å². The molecule has 0 spiro atoms. The first-order valence-electron chi connectivity index (χ1n) is 7.42. The van der Waals surface area contributed by atoms with Gasteiger partial charge in [-0.3, -0.25) is 0 Å². The van der Waals surface area contributed by atoms with Crippen LogP contribution in [0.5, 0.6) is 5.75 Å².